The van der Waals surface area contributed by atoms with E-state index in [9.17, 15) is 9.18 Å². The van der Waals surface area contributed by atoms with Crippen molar-refractivity contribution in [1.29, 1.82) is 0 Å². The molecule has 4 nitrogen and oxygen atoms in total. The van der Waals surface area contributed by atoms with Crippen molar-refractivity contribution in [2.24, 2.45) is 5.73 Å². The first-order valence-corrected chi connectivity index (χ1v) is 6.50. The molecule has 2 rings (SSSR count). The number of primary amides is 1. The van der Waals surface area contributed by atoms with Gasteiger partial charge in [0.05, 0.1) is 6.61 Å². The number of hydrogen-bond acceptors (Lipinski definition) is 3. The second-order valence-corrected chi connectivity index (χ2v) is 4.89. The highest BCUT2D eigenvalue weighted by Gasteiger charge is 2.29. The second-order valence-electron chi connectivity index (χ2n) is 4.89. The molecular formula is C14H19FN2O2. The van der Waals surface area contributed by atoms with Gasteiger partial charge in [-0.1, -0.05) is 12.1 Å². The summed E-state index contributed by atoms with van der Waals surface area (Å²) in [6.07, 6.45) is 2.03. The third-order valence-corrected chi connectivity index (χ3v) is 3.38. The Labute approximate surface area is 112 Å². The topological polar surface area (TPSA) is 64.4 Å². The zero-order chi connectivity index (χ0) is 13.7. The molecule has 0 aromatic heterocycles. The van der Waals surface area contributed by atoms with Gasteiger partial charge in [-0.3, -0.25) is 4.79 Å². The molecule has 0 heterocycles. The summed E-state index contributed by atoms with van der Waals surface area (Å²) in [5.41, 5.74) is 6.02. The molecule has 0 atom stereocenters. The minimum atomic E-state index is -0.449. The summed E-state index contributed by atoms with van der Waals surface area (Å²) in [5, 5.41) is 3.34. The smallest absolute Gasteiger partial charge is 0.243 e. The average molecular weight is 266 g/mol. The van der Waals surface area contributed by atoms with E-state index in [1.54, 1.807) is 12.1 Å². The van der Waals surface area contributed by atoms with Gasteiger partial charge < -0.3 is 15.8 Å². The average Bonchev–Trinajstić information content (AvgIpc) is 2.30. The van der Waals surface area contributed by atoms with Gasteiger partial charge in [-0.15, -0.1) is 0 Å². The van der Waals surface area contributed by atoms with E-state index in [1.807, 2.05) is 6.07 Å². The zero-order valence-corrected chi connectivity index (χ0v) is 10.8. The van der Waals surface area contributed by atoms with Crippen LogP contribution in [0.15, 0.2) is 24.3 Å². The molecule has 5 heteroatoms. The lowest BCUT2D eigenvalue weighted by atomic mass is 9.76. The maximum Gasteiger partial charge on any atom is 0.243 e. The molecule has 1 fully saturated rings. The van der Waals surface area contributed by atoms with Crippen LogP contribution in [0.3, 0.4) is 0 Å². The van der Waals surface area contributed by atoms with E-state index in [0.29, 0.717) is 25.1 Å². The molecule has 0 aliphatic heterocycles. The van der Waals surface area contributed by atoms with Crippen molar-refractivity contribution in [2.75, 3.05) is 19.8 Å². The highest BCUT2D eigenvalue weighted by molar-refractivity contribution is 5.74. The van der Waals surface area contributed by atoms with E-state index in [0.717, 1.165) is 18.4 Å². The molecule has 1 saturated carbocycles. The number of benzene rings is 1. The Bertz CT molecular complexity index is 433. The van der Waals surface area contributed by atoms with Crippen LogP contribution in [0.4, 0.5) is 4.39 Å². The third kappa shape index (κ3) is 4.29. The van der Waals surface area contributed by atoms with E-state index in [-0.39, 0.29) is 12.4 Å². The first-order chi connectivity index (χ1) is 9.15. The van der Waals surface area contributed by atoms with E-state index in [2.05, 4.69) is 5.32 Å². The number of rotatable bonds is 7. The molecule has 0 unspecified atom stereocenters. The fourth-order valence-corrected chi connectivity index (χ4v) is 2.33. The lowest BCUT2D eigenvalue weighted by Crippen LogP contribution is -2.41. The van der Waals surface area contributed by atoms with Gasteiger partial charge in [-0.25, -0.2) is 4.39 Å². The molecule has 1 aliphatic rings. The molecule has 0 radical (unpaired) electrons. The van der Waals surface area contributed by atoms with Crippen LogP contribution in [0.2, 0.25) is 0 Å². The van der Waals surface area contributed by atoms with Crippen molar-refractivity contribution in [3.8, 4) is 0 Å². The van der Waals surface area contributed by atoms with Gasteiger partial charge in [-0.05, 0) is 36.5 Å². The third-order valence-electron chi connectivity index (χ3n) is 3.38. The van der Waals surface area contributed by atoms with Crippen LogP contribution < -0.4 is 11.1 Å². The molecule has 3 N–H and O–H groups in total. The standard InChI is InChI=1S/C14H19FN2O2/c15-12-3-1-2-10(6-12)11-7-13(8-11)17-4-5-19-9-14(16)18/h1-3,6,11,13,17H,4-5,7-9H2,(H2,16,18). The number of hydrogen-bond donors (Lipinski definition) is 2. The SMILES string of the molecule is NC(=O)COCCNC1CC(c2cccc(F)c2)C1. The van der Waals surface area contributed by atoms with E-state index >= 15 is 0 Å². The number of carbonyl (C=O) groups excluding carboxylic acids is 1. The molecule has 1 aliphatic carbocycles. The van der Waals surface area contributed by atoms with Crippen molar-refractivity contribution in [3.63, 3.8) is 0 Å². The van der Waals surface area contributed by atoms with Crippen molar-refractivity contribution in [1.82, 2.24) is 5.32 Å². The summed E-state index contributed by atoms with van der Waals surface area (Å²) in [4.78, 5) is 10.4. The molecule has 0 spiro atoms. The number of halogens is 1. The highest BCUT2D eigenvalue weighted by atomic mass is 19.1. The lowest BCUT2D eigenvalue weighted by Gasteiger charge is -2.36. The Morgan fingerprint density at radius 2 is 2.26 bits per heavy atom. The quantitative estimate of drug-likeness (QED) is 0.728. The number of ether oxygens (including phenoxy) is 1. The summed E-state index contributed by atoms with van der Waals surface area (Å²) in [6, 6.07) is 7.25. The Morgan fingerprint density at radius 1 is 1.47 bits per heavy atom. The maximum atomic E-state index is 13.1. The van der Waals surface area contributed by atoms with Crippen molar-refractivity contribution in [2.45, 2.75) is 24.8 Å². The van der Waals surface area contributed by atoms with E-state index in [1.165, 1.54) is 6.07 Å². The van der Waals surface area contributed by atoms with Gasteiger partial charge in [0, 0.05) is 12.6 Å². The van der Waals surface area contributed by atoms with Crippen molar-refractivity contribution in [3.05, 3.63) is 35.6 Å². The van der Waals surface area contributed by atoms with Crippen LogP contribution in [-0.4, -0.2) is 31.7 Å². The fourth-order valence-electron chi connectivity index (χ4n) is 2.33. The monoisotopic (exact) mass is 266 g/mol. The summed E-state index contributed by atoms with van der Waals surface area (Å²) >= 11 is 0. The number of carbonyl (C=O) groups is 1. The maximum absolute atomic E-state index is 13.1. The Balaban J connectivity index is 1.60. The summed E-state index contributed by atoms with van der Waals surface area (Å²) in [7, 11) is 0. The van der Waals surface area contributed by atoms with Crippen LogP contribution in [-0.2, 0) is 9.53 Å². The number of nitrogens with one attached hydrogen (secondary N) is 1. The first-order valence-electron chi connectivity index (χ1n) is 6.50. The predicted octanol–water partition coefficient (Wildman–Crippen LogP) is 1.16. The lowest BCUT2D eigenvalue weighted by molar-refractivity contribution is -0.122. The number of amides is 1. The van der Waals surface area contributed by atoms with Crippen LogP contribution >= 0.6 is 0 Å². The number of nitrogens with two attached hydrogens (primary N) is 1. The van der Waals surface area contributed by atoms with Gasteiger partial charge in [0.25, 0.3) is 0 Å². The molecule has 0 bridgehead atoms. The van der Waals surface area contributed by atoms with Gasteiger partial charge in [-0.2, -0.15) is 0 Å². The normalized spacial score (nSPS) is 21.9. The van der Waals surface area contributed by atoms with Crippen LogP contribution in [0.5, 0.6) is 0 Å². The highest BCUT2D eigenvalue weighted by Crippen LogP contribution is 2.36. The second kappa shape index (κ2) is 6.63. The predicted molar refractivity (Wildman–Crippen MR) is 70.2 cm³/mol. The summed E-state index contributed by atoms with van der Waals surface area (Å²) < 4.78 is 18.1. The van der Waals surface area contributed by atoms with Gasteiger partial charge >= 0.3 is 0 Å². The zero-order valence-electron chi connectivity index (χ0n) is 10.8. The van der Waals surface area contributed by atoms with Crippen LogP contribution in [0.1, 0.15) is 24.3 Å². The molecule has 1 amide bonds. The molecule has 1 aromatic carbocycles. The summed E-state index contributed by atoms with van der Waals surface area (Å²) in [6.45, 7) is 1.15. The minimum Gasteiger partial charge on any atom is -0.370 e. The molecular weight excluding hydrogens is 247 g/mol. The fraction of sp³-hybridized carbons (Fsp3) is 0.500. The first kappa shape index (κ1) is 14.0. The summed E-state index contributed by atoms with van der Waals surface area (Å²) in [5.74, 6) is -0.177. The molecule has 0 saturated heterocycles. The van der Waals surface area contributed by atoms with Crippen LogP contribution in [0, 0.1) is 5.82 Å². The molecule has 104 valence electrons. The Kier molecular flexibility index (Phi) is 4.87. The molecule has 19 heavy (non-hydrogen) atoms. The van der Waals surface area contributed by atoms with Gasteiger partial charge in [0.2, 0.25) is 5.91 Å². The Hall–Kier alpha value is -1.46. The molecule has 1 aromatic rings. The van der Waals surface area contributed by atoms with Crippen molar-refractivity contribution >= 4 is 5.91 Å². The Morgan fingerprint density at radius 3 is 2.95 bits per heavy atom. The largest absolute Gasteiger partial charge is 0.370 e. The van der Waals surface area contributed by atoms with Gasteiger partial charge in [0.1, 0.15) is 12.4 Å². The van der Waals surface area contributed by atoms with Gasteiger partial charge in [0.15, 0.2) is 0 Å². The van der Waals surface area contributed by atoms with E-state index < -0.39 is 5.91 Å². The van der Waals surface area contributed by atoms with Crippen molar-refractivity contribution < 1.29 is 13.9 Å². The van der Waals surface area contributed by atoms with Crippen LogP contribution in [0.25, 0.3) is 0 Å². The van der Waals surface area contributed by atoms with E-state index in [4.69, 9.17) is 10.5 Å². The minimum absolute atomic E-state index is 0.0295.